The second-order valence-electron chi connectivity index (χ2n) is 10.6. The molecule has 0 bridgehead atoms. The van der Waals surface area contributed by atoms with Gasteiger partial charge in [0, 0.05) is 31.2 Å². The van der Waals surface area contributed by atoms with Crippen molar-refractivity contribution in [2.75, 3.05) is 31.1 Å². The second kappa shape index (κ2) is 9.38. The Balaban J connectivity index is 1.20. The molecule has 0 unspecified atom stereocenters. The van der Waals surface area contributed by atoms with Gasteiger partial charge in [0.2, 0.25) is 5.95 Å². The molecule has 1 aromatic heterocycles. The second-order valence-corrected chi connectivity index (χ2v) is 10.6. The van der Waals surface area contributed by atoms with Gasteiger partial charge in [-0.2, -0.15) is 0 Å². The zero-order chi connectivity index (χ0) is 23.6. The molecule has 0 radical (unpaired) electrons. The maximum absolute atomic E-state index is 6.08. The van der Waals surface area contributed by atoms with E-state index in [9.17, 15) is 0 Å². The lowest BCUT2D eigenvalue weighted by Crippen LogP contribution is -2.42. The molecule has 0 amide bonds. The Morgan fingerprint density at radius 1 is 0.941 bits per heavy atom. The Hall–Kier alpha value is -2.92. The van der Waals surface area contributed by atoms with Crippen LogP contribution in [0.25, 0.3) is 0 Å². The van der Waals surface area contributed by atoms with Crippen molar-refractivity contribution in [1.29, 1.82) is 0 Å². The average Bonchev–Trinajstić information content (AvgIpc) is 3.32. The van der Waals surface area contributed by atoms with Crippen LogP contribution in [-0.4, -0.2) is 36.1 Å². The van der Waals surface area contributed by atoms with Crippen molar-refractivity contribution >= 4 is 5.95 Å². The molecular weight excluding hydrogens is 420 g/mol. The quantitative estimate of drug-likeness (QED) is 0.548. The number of aromatic nitrogens is 2. The van der Waals surface area contributed by atoms with Crippen LogP contribution in [0.3, 0.4) is 0 Å². The fourth-order valence-corrected chi connectivity index (χ4v) is 5.28. The van der Waals surface area contributed by atoms with Crippen LogP contribution in [0.1, 0.15) is 55.5 Å². The lowest BCUT2D eigenvalue weighted by molar-refractivity contribution is 0.246. The molecular formula is C29H36N4O. The van der Waals surface area contributed by atoms with Gasteiger partial charge < -0.3 is 15.0 Å². The molecule has 3 heterocycles. The van der Waals surface area contributed by atoms with E-state index in [2.05, 4.69) is 84.5 Å². The molecule has 2 aliphatic heterocycles. The number of hydrogen-bond acceptors (Lipinski definition) is 5. The van der Waals surface area contributed by atoms with Crippen LogP contribution in [0.15, 0.2) is 60.8 Å². The van der Waals surface area contributed by atoms with Crippen LogP contribution >= 0.6 is 0 Å². The molecule has 178 valence electrons. The summed E-state index contributed by atoms with van der Waals surface area (Å²) in [6.45, 7) is 11.5. The van der Waals surface area contributed by atoms with E-state index in [1.165, 1.54) is 36.0 Å². The molecule has 0 atom stereocenters. The van der Waals surface area contributed by atoms with Crippen molar-refractivity contribution < 1.29 is 4.74 Å². The summed E-state index contributed by atoms with van der Waals surface area (Å²) >= 11 is 0. The predicted octanol–water partition coefficient (Wildman–Crippen LogP) is 5.27. The van der Waals surface area contributed by atoms with E-state index in [0.717, 1.165) is 43.6 Å². The third-order valence-corrected chi connectivity index (χ3v) is 7.88. The van der Waals surface area contributed by atoms with E-state index in [-0.39, 0.29) is 5.41 Å². The van der Waals surface area contributed by atoms with Gasteiger partial charge in [-0.15, -0.1) is 0 Å². The summed E-state index contributed by atoms with van der Waals surface area (Å²) in [7, 11) is 0. The number of aryl methyl sites for hydroxylation is 1. The summed E-state index contributed by atoms with van der Waals surface area (Å²) in [5.41, 5.74) is 5.22. The van der Waals surface area contributed by atoms with Gasteiger partial charge in [-0.25, -0.2) is 9.97 Å². The molecule has 3 aromatic rings. The van der Waals surface area contributed by atoms with E-state index in [1.54, 1.807) is 0 Å². The van der Waals surface area contributed by atoms with Crippen molar-refractivity contribution in [2.45, 2.75) is 52.1 Å². The predicted molar refractivity (Wildman–Crippen MR) is 137 cm³/mol. The van der Waals surface area contributed by atoms with Gasteiger partial charge in [-0.1, -0.05) is 55.8 Å². The number of piperidine rings is 1. The van der Waals surface area contributed by atoms with Crippen LogP contribution in [0.5, 0.6) is 5.75 Å². The summed E-state index contributed by atoms with van der Waals surface area (Å²) in [6.07, 6.45) is 5.59. The van der Waals surface area contributed by atoms with Crippen LogP contribution < -0.4 is 15.0 Å². The van der Waals surface area contributed by atoms with Crippen molar-refractivity contribution in [2.24, 2.45) is 5.41 Å². The van der Waals surface area contributed by atoms with Crippen LogP contribution in [0.2, 0.25) is 0 Å². The fraction of sp³-hybridized carbons (Fsp3) is 0.448. The molecule has 2 aromatic carbocycles. The highest BCUT2D eigenvalue weighted by Gasteiger charge is 2.37. The summed E-state index contributed by atoms with van der Waals surface area (Å²) in [5.74, 6) is 1.69. The van der Waals surface area contributed by atoms with Crippen molar-refractivity contribution in [3.8, 4) is 5.75 Å². The highest BCUT2D eigenvalue weighted by atomic mass is 16.5. The van der Waals surface area contributed by atoms with E-state index in [0.29, 0.717) is 12.0 Å². The number of nitrogens with zero attached hydrogens (tertiary/aromatic N) is 3. The van der Waals surface area contributed by atoms with Crippen LogP contribution in [0.4, 0.5) is 5.95 Å². The van der Waals surface area contributed by atoms with Gasteiger partial charge in [0.25, 0.3) is 0 Å². The number of benzene rings is 2. The monoisotopic (exact) mass is 456 g/mol. The Morgan fingerprint density at radius 3 is 2.26 bits per heavy atom. The number of hydrogen-bond donors (Lipinski definition) is 1. The zero-order valence-electron chi connectivity index (χ0n) is 20.7. The minimum absolute atomic E-state index is 0.0602. The molecule has 2 saturated heterocycles. The Kier molecular flexibility index (Phi) is 6.30. The van der Waals surface area contributed by atoms with Crippen LogP contribution in [0, 0.1) is 12.3 Å². The summed E-state index contributed by atoms with van der Waals surface area (Å²) in [6, 6.07) is 19.2. The molecule has 5 nitrogen and oxygen atoms in total. The fourth-order valence-electron chi connectivity index (χ4n) is 5.28. The Bertz CT molecular complexity index is 1090. The molecule has 1 spiro atoms. The van der Waals surface area contributed by atoms with Gasteiger partial charge in [0.05, 0.1) is 5.69 Å². The first-order valence-corrected chi connectivity index (χ1v) is 12.5. The number of ether oxygens (including phenoxy) is 1. The van der Waals surface area contributed by atoms with Gasteiger partial charge in [0.15, 0.2) is 0 Å². The SMILES string of the molecule is Cc1ccc(C(C)(C)c2ccc(OCc3ccnc(N4CCC5(CCNC5)CC4)n3)cc2)cc1. The van der Waals surface area contributed by atoms with Crippen LogP contribution in [-0.2, 0) is 12.0 Å². The van der Waals surface area contributed by atoms with Gasteiger partial charge in [-0.05, 0) is 67.5 Å². The summed E-state index contributed by atoms with van der Waals surface area (Å²) < 4.78 is 6.08. The highest BCUT2D eigenvalue weighted by molar-refractivity contribution is 5.41. The third kappa shape index (κ3) is 4.80. The first-order valence-electron chi connectivity index (χ1n) is 12.5. The lowest BCUT2D eigenvalue weighted by atomic mass is 9.78. The average molecular weight is 457 g/mol. The molecule has 2 fully saturated rings. The molecule has 2 aliphatic rings. The van der Waals surface area contributed by atoms with E-state index in [1.807, 2.05) is 12.3 Å². The topological polar surface area (TPSA) is 50.3 Å². The lowest BCUT2D eigenvalue weighted by Gasteiger charge is -2.38. The summed E-state index contributed by atoms with van der Waals surface area (Å²) in [4.78, 5) is 11.7. The Morgan fingerprint density at radius 2 is 1.62 bits per heavy atom. The number of rotatable bonds is 6. The molecule has 34 heavy (non-hydrogen) atoms. The molecule has 0 saturated carbocycles. The smallest absolute Gasteiger partial charge is 0.225 e. The molecule has 0 aliphatic carbocycles. The maximum Gasteiger partial charge on any atom is 0.225 e. The van der Waals surface area contributed by atoms with E-state index in [4.69, 9.17) is 9.72 Å². The first-order chi connectivity index (χ1) is 16.4. The van der Waals surface area contributed by atoms with Crippen molar-refractivity contribution in [3.63, 3.8) is 0 Å². The zero-order valence-corrected chi connectivity index (χ0v) is 20.7. The van der Waals surface area contributed by atoms with Gasteiger partial charge in [-0.3, -0.25) is 0 Å². The maximum atomic E-state index is 6.08. The summed E-state index contributed by atoms with van der Waals surface area (Å²) in [5, 5.41) is 3.53. The normalized spacial score (nSPS) is 17.8. The molecule has 5 rings (SSSR count). The highest BCUT2D eigenvalue weighted by Crippen LogP contribution is 2.37. The van der Waals surface area contributed by atoms with Gasteiger partial charge in [0.1, 0.15) is 12.4 Å². The minimum atomic E-state index is -0.0602. The number of anilines is 1. The Labute approximate surface area is 203 Å². The molecule has 1 N–H and O–H groups in total. The largest absolute Gasteiger partial charge is 0.487 e. The van der Waals surface area contributed by atoms with Gasteiger partial charge >= 0.3 is 0 Å². The third-order valence-electron chi connectivity index (χ3n) is 7.88. The molecule has 5 heteroatoms. The van der Waals surface area contributed by atoms with E-state index >= 15 is 0 Å². The van der Waals surface area contributed by atoms with E-state index < -0.39 is 0 Å². The minimum Gasteiger partial charge on any atom is -0.487 e. The van der Waals surface area contributed by atoms with Crippen molar-refractivity contribution in [1.82, 2.24) is 15.3 Å². The number of nitrogens with one attached hydrogen (secondary N) is 1. The van der Waals surface area contributed by atoms with Crippen molar-refractivity contribution in [3.05, 3.63) is 83.2 Å². The first kappa shape index (κ1) is 22.9. The standard InChI is InChI=1S/C29H36N4O/c1-22-4-6-23(7-5-22)28(2,3)24-8-10-26(11-9-24)34-20-25-12-16-31-27(32-25)33-18-14-29(15-19-33)13-17-30-21-29/h4-12,16,30H,13-15,17-21H2,1-3H3.